The van der Waals surface area contributed by atoms with Crippen LogP contribution in [0.15, 0.2) is 12.3 Å². The Balaban J connectivity index is 1.67. The van der Waals surface area contributed by atoms with Crippen LogP contribution in [-0.2, 0) is 20.9 Å². The van der Waals surface area contributed by atoms with E-state index < -0.39 is 5.92 Å². The van der Waals surface area contributed by atoms with E-state index in [0.29, 0.717) is 13.1 Å². The van der Waals surface area contributed by atoms with Crippen LogP contribution in [0.1, 0.15) is 31.0 Å². The van der Waals surface area contributed by atoms with Crippen LogP contribution in [0.25, 0.3) is 0 Å². The Kier molecular flexibility index (Phi) is 5.03. The van der Waals surface area contributed by atoms with Crippen molar-refractivity contribution >= 4 is 11.8 Å². The monoisotopic (exact) mass is 356 g/mol. The maximum Gasteiger partial charge on any atom is 0.251 e. The van der Waals surface area contributed by atoms with Gasteiger partial charge >= 0.3 is 0 Å². The lowest BCUT2D eigenvalue weighted by molar-refractivity contribution is -0.141. The minimum absolute atomic E-state index is 0.0178. The predicted molar refractivity (Wildman–Crippen MR) is 83.9 cm³/mol. The molecule has 0 N–H and O–H groups in total. The minimum atomic E-state index is -2.68. The minimum Gasteiger partial charge on any atom is -0.375 e. The molecule has 0 saturated carbocycles. The number of aromatic nitrogens is 2. The van der Waals surface area contributed by atoms with Crippen molar-refractivity contribution in [2.45, 2.75) is 37.8 Å². The molecule has 7 nitrogen and oxygen atoms in total. The number of nitrogens with zero attached hydrogens (tertiary/aromatic N) is 4. The number of alkyl halides is 2. The van der Waals surface area contributed by atoms with Gasteiger partial charge < -0.3 is 14.5 Å². The van der Waals surface area contributed by atoms with Crippen LogP contribution in [0.2, 0.25) is 0 Å². The number of carbonyl (C=O) groups excluding carboxylic acids is 2. The molecule has 25 heavy (non-hydrogen) atoms. The van der Waals surface area contributed by atoms with Crippen molar-refractivity contribution in [1.82, 2.24) is 19.6 Å². The van der Waals surface area contributed by atoms with Crippen LogP contribution in [0.4, 0.5) is 8.78 Å². The molecule has 2 amide bonds. The Bertz CT molecular complexity index is 639. The second kappa shape index (κ2) is 7.07. The number of piperidine rings is 1. The van der Waals surface area contributed by atoms with E-state index in [0.717, 1.165) is 5.69 Å². The highest BCUT2D eigenvalue weighted by atomic mass is 19.3. The Morgan fingerprint density at radius 3 is 2.68 bits per heavy atom. The van der Waals surface area contributed by atoms with Gasteiger partial charge in [-0.05, 0) is 6.07 Å². The lowest BCUT2D eigenvalue weighted by Gasteiger charge is -2.36. The number of hydrogen-bond donors (Lipinski definition) is 0. The molecule has 0 aromatic carbocycles. The van der Waals surface area contributed by atoms with E-state index in [1.165, 1.54) is 12.0 Å². The quantitative estimate of drug-likeness (QED) is 0.809. The van der Waals surface area contributed by atoms with Gasteiger partial charge in [0.15, 0.2) is 0 Å². The van der Waals surface area contributed by atoms with Crippen LogP contribution in [0.5, 0.6) is 0 Å². The summed E-state index contributed by atoms with van der Waals surface area (Å²) in [6.07, 6.45) is 1.18. The summed E-state index contributed by atoms with van der Waals surface area (Å²) in [5.74, 6) is -3.01. The Morgan fingerprint density at radius 1 is 1.28 bits per heavy atom. The number of methoxy groups -OCH3 is 1. The smallest absolute Gasteiger partial charge is 0.251 e. The highest BCUT2D eigenvalue weighted by Gasteiger charge is 2.37. The van der Waals surface area contributed by atoms with Crippen molar-refractivity contribution in [1.29, 1.82) is 0 Å². The first-order chi connectivity index (χ1) is 11.9. The Hall–Kier alpha value is -2.03. The molecule has 1 fully saturated rings. The summed E-state index contributed by atoms with van der Waals surface area (Å²) in [7, 11) is 1.46. The Morgan fingerprint density at radius 2 is 2.00 bits per heavy atom. The molecule has 1 aromatic heterocycles. The third kappa shape index (κ3) is 3.97. The molecular weight excluding hydrogens is 334 g/mol. The molecule has 3 heterocycles. The number of ether oxygens (including phenoxy) is 1. The molecule has 0 aliphatic carbocycles. The SMILES string of the molecule is COCC(=O)N1Cc2ccnn2[C@H](CC(=O)N2CCC(F)(F)CC2)C1. The average Bonchev–Trinajstić information content (AvgIpc) is 3.03. The summed E-state index contributed by atoms with van der Waals surface area (Å²) in [4.78, 5) is 27.8. The van der Waals surface area contributed by atoms with Crippen LogP contribution < -0.4 is 0 Å². The summed E-state index contributed by atoms with van der Waals surface area (Å²) in [6, 6.07) is 1.51. The predicted octanol–water partition coefficient (Wildman–Crippen LogP) is 1.06. The van der Waals surface area contributed by atoms with E-state index in [2.05, 4.69) is 5.10 Å². The van der Waals surface area contributed by atoms with Gasteiger partial charge in [0.1, 0.15) is 6.61 Å². The molecule has 0 bridgehead atoms. The zero-order chi connectivity index (χ0) is 18.0. The summed E-state index contributed by atoms with van der Waals surface area (Å²) < 4.78 is 33.2. The number of likely N-dealkylation sites (tertiary alicyclic amines) is 1. The third-order valence-corrected chi connectivity index (χ3v) is 4.76. The fourth-order valence-electron chi connectivity index (χ4n) is 3.36. The number of halogens is 2. The first kappa shape index (κ1) is 17.8. The molecule has 3 rings (SSSR count). The number of fused-ring (bicyclic) bond motifs is 1. The van der Waals surface area contributed by atoms with Gasteiger partial charge in [-0.3, -0.25) is 14.3 Å². The summed E-state index contributed by atoms with van der Waals surface area (Å²) in [5.41, 5.74) is 0.846. The van der Waals surface area contributed by atoms with Crippen molar-refractivity contribution in [3.05, 3.63) is 18.0 Å². The van der Waals surface area contributed by atoms with Crippen LogP contribution in [0, 0.1) is 0 Å². The van der Waals surface area contributed by atoms with E-state index in [-0.39, 0.29) is 56.8 Å². The fourth-order valence-corrected chi connectivity index (χ4v) is 3.36. The summed E-state index contributed by atoms with van der Waals surface area (Å²) in [6.45, 7) is 0.888. The fraction of sp³-hybridized carbons (Fsp3) is 0.688. The normalized spacial score (nSPS) is 22.6. The average molecular weight is 356 g/mol. The first-order valence-corrected chi connectivity index (χ1v) is 8.34. The molecule has 0 radical (unpaired) electrons. The molecule has 9 heteroatoms. The van der Waals surface area contributed by atoms with Crippen molar-refractivity contribution in [3.63, 3.8) is 0 Å². The van der Waals surface area contributed by atoms with Gasteiger partial charge in [0.2, 0.25) is 11.8 Å². The van der Waals surface area contributed by atoms with Gasteiger partial charge in [0.05, 0.1) is 24.7 Å². The summed E-state index contributed by atoms with van der Waals surface area (Å²) >= 11 is 0. The van der Waals surface area contributed by atoms with Gasteiger partial charge in [-0.15, -0.1) is 0 Å². The van der Waals surface area contributed by atoms with E-state index >= 15 is 0 Å². The number of amides is 2. The van der Waals surface area contributed by atoms with E-state index in [1.807, 2.05) is 6.07 Å². The van der Waals surface area contributed by atoms with Crippen molar-refractivity contribution in [2.24, 2.45) is 0 Å². The lowest BCUT2D eigenvalue weighted by Crippen LogP contribution is -2.46. The lowest BCUT2D eigenvalue weighted by atomic mass is 10.0. The molecular formula is C16H22F2N4O3. The molecule has 1 aromatic rings. The zero-order valence-corrected chi connectivity index (χ0v) is 14.2. The van der Waals surface area contributed by atoms with Crippen molar-refractivity contribution in [2.75, 3.05) is 33.4 Å². The first-order valence-electron chi connectivity index (χ1n) is 8.34. The topological polar surface area (TPSA) is 67.7 Å². The number of carbonyl (C=O) groups is 2. The van der Waals surface area contributed by atoms with Crippen molar-refractivity contribution < 1.29 is 23.1 Å². The van der Waals surface area contributed by atoms with Gasteiger partial charge in [-0.2, -0.15) is 5.10 Å². The third-order valence-electron chi connectivity index (χ3n) is 4.76. The molecule has 0 unspecified atom stereocenters. The number of rotatable bonds is 4. The van der Waals surface area contributed by atoms with Crippen LogP contribution >= 0.6 is 0 Å². The molecule has 2 aliphatic rings. The summed E-state index contributed by atoms with van der Waals surface area (Å²) in [5, 5.41) is 4.26. The number of hydrogen-bond acceptors (Lipinski definition) is 4. The van der Waals surface area contributed by atoms with E-state index in [4.69, 9.17) is 4.74 Å². The highest BCUT2D eigenvalue weighted by Crippen LogP contribution is 2.29. The second-order valence-corrected chi connectivity index (χ2v) is 6.57. The second-order valence-electron chi connectivity index (χ2n) is 6.57. The molecule has 0 spiro atoms. The standard InChI is InChI=1S/C16H22F2N4O3/c1-25-11-15(24)21-9-12-2-5-19-22(12)13(10-21)8-14(23)20-6-3-16(17,18)4-7-20/h2,5,13H,3-4,6-11H2,1H3/t13-/m1/s1. The molecule has 2 aliphatic heterocycles. The van der Waals surface area contributed by atoms with E-state index in [1.54, 1.807) is 15.8 Å². The van der Waals surface area contributed by atoms with Gasteiger partial charge in [0.25, 0.3) is 5.92 Å². The van der Waals surface area contributed by atoms with Gasteiger partial charge in [-0.25, -0.2) is 8.78 Å². The maximum atomic E-state index is 13.3. The van der Waals surface area contributed by atoms with Gasteiger partial charge in [0, 0.05) is 45.8 Å². The largest absolute Gasteiger partial charge is 0.375 e. The Labute approximate surface area is 144 Å². The maximum absolute atomic E-state index is 13.3. The van der Waals surface area contributed by atoms with E-state index in [9.17, 15) is 18.4 Å². The molecule has 1 atom stereocenters. The van der Waals surface area contributed by atoms with Crippen LogP contribution in [-0.4, -0.2) is 70.7 Å². The van der Waals surface area contributed by atoms with Gasteiger partial charge in [-0.1, -0.05) is 0 Å². The zero-order valence-electron chi connectivity index (χ0n) is 14.2. The molecule has 1 saturated heterocycles. The molecule has 138 valence electrons. The highest BCUT2D eigenvalue weighted by molar-refractivity contribution is 5.78. The van der Waals surface area contributed by atoms with Crippen molar-refractivity contribution in [3.8, 4) is 0 Å². The van der Waals surface area contributed by atoms with Crippen LogP contribution in [0.3, 0.4) is 0 Å².